The van der Waals surface area contributed by atoms with Crippen LogP contribution in [0.25, 0.3) is 11.2 Å². The van der Waals surface area contributed by atoms with E-state index in [9.17, 15) is 0 Å². The van der Waals surface area contributed by atoms with Gasteiger partial charge in [-0.3, -0.25) is 0 Å². The van der Waals surface area contributed by atoms with Crippen LogP contribution in [0.1, 0.15) is 12.7 Å². The molecule has 4 nitrogen and oxygen atoms in total. The van der Waals surface area contributed by atoms with Crippen molar-refractivity contribution in [1.82, 2.24) is 19.5 Å². The Balaban J connectivity index is 2.86. The fraction of sp³-hybridized carbons (Fsp3) is 0.375. The summed E-state index contributed by atoms with van der Waals surface area (Å²) in [5, 5.41) is 0.417. The van der Waals surface area contributed by atoms with Crippen LogP contribution in [0.3, 0.4) is 0 Å². The van der Waals surface area contributed by atoms with E-state index in [0.717, 1.165) is 18.0 Å². The molecule has 0 aliphatic rings. The number of halogens is 1. The predicted molar refractivity (Wildman–Crippen MR) is 50.7 cm³/mol. The molecule has 68 valence electrons. The van der Waals surface area contributed by atoms with Crippen molar-refractivity contribution in [2.75, 3.05) is 0 Å². The number of imidazole rings is 1. The molecule has 2 rings (SSSR count). The topological polar surface area (TPSA) is 43.6 Å². The average Bonchev–Trinajstić information content (AvgIpc) is 2.43. The van der Waals surface area contributed by atoms with Gasteiger partial charge in [0.15, 0.2) is 10.8 Å². The van der Waals surface area contributed by atoms with E-state index in [-0.39, 0.29) is 0 Å². The first-order valence-corrected chi connectivity index (χ1v) is 4.45. The van der Waals surface area contributed by atoms with Crippen LogP contribution in [0.5, 0.6) is 0 Å². The molecule has 0 aliphatic heterocycles. The quantitative estimate of drug-likeness (QED) is 0.654. The van der Waals surface area contributed by atoms with E-state index >= 15 is 0 Å². The van der Waals surface area contributed by atoms with E-state index in [1.165, 1.54) is 6.33 Å². The van der Waals surface area contributed by atoms with Gasteiger partial charge in [0.25, 0.3) is 0 Å². The van der Waals surface area contributed by atoms with Crippen LogP contribution in [0.4, 0.5) is 0 Å². The molecular weight excluding hydrogens is 188 g/mol. The molecule has 0 bridgehead atoms. The highest BCUT2D eigenvalue weighted by Crippen LogP contribution is 2.18. The standard InChI is InChI=1S/C8H9ClN4/c1-3-13-5(2)12-6-7(9)10-4-11-8(6)13/h4H,3H2,1-2H3. The molecule has 2 aromatic rings. The Morgan fingerprint density at radius 2 is 2.23 bits per heavy atom. The molecule has 0 spiro atoms. The number of fused-ring (bicyclic) bond motifs is 1. The van der Waals surface area contributed by atoms with Gasteiger partial charge in [-0.2, -0.15) is 0 Å². The molecular formula is C8H9ClN4. The lowest BCUT2D eigenvalue weighted by atomic mass is 10.5. The van der Waals surface area contributed by atoms with Crippen molar-refractivity contribution in [3.63, 3.8) is 0 Å². The SMILES string of the molecule is CCn1c(C)nc2c(Cl)ncnc21. The predicted octanol–water partition coefficient (Wildman–Crippen LogP) is 1.81. The first-order valence-electron chi connectivity index (χ1n) is 4.07. The number of aromatic nitrogens is 4. The first-order chi connectivity index (χ1) is 6.24. The van der Waals surface area contributed by atoms with Crippen LogP contribution in [-0.2, 0) is 6.54 Å². The van der Waals surface area contributed by atoms with Crippen LogP contribution in [-0.4, -0.2) is 19.5 Å². The zero-order chi connectivity index (χ0) is 9.42. The number of aryl methyl sites for hydroxylation is 2. The van der Waals surface area contributed by atoms with Crippen molar-refractivity contribution >= 4 is 22.8 Å². The second-order valence-electron chi connectivity index (χ2n) is 2.74. The minimum Gasteiger partial charge on any atom is -0.313 e. The molecule has 13 heavy (non-hydrogen) atoms. The van der Waals surface area contributed by atoms with Gasteiger partial charge in [-0.25, -0.2) is 15.0 Å². The minimum absolute atomic E-state index is 0.417. The summed E-state index contributed by atoms with van der Waals surface area (Å²) in [5.74, 6) is 0.917. The van der Waals surface area contributed by atoms with Crippen LogP contribution in [0, 0.1) is 6.92 Å². The lowest BCUT2D eigenvalue weighted by Gasteiger charge is -1.99. The van der Waals surface area contributed by atoms with Crippen molar-refractivity contribution < 1.29 is 0 Å². The molecule has 0 saturated heterocycles. The Morgan fingerprint density at radius 3 is 2.92 bits per heavy atom. The zero-order valence-corrected chi connectivity index (χ0v) is 8.21. The summed E-state index contributed by atoms with van der Waals surface area (Å²) >= 11 is 5.87. The fourth-order valence-corrected chi connectivity index (χ4v) is 1.57. The van der Waals surface area contributed by atoms with Crippen LogP contribution in [0.15, 0.2) is 6.33 Å². The normalized spacial score (nSPS) is 11.0. The van der Waals surface area contributed by atoms with Crippen molar-refractivity contribution in [2.24, 2.45) is 0 Å². The maximum absolute atomic E-state index is 5.87. The van der Waals surface area contributed by atoms with Crippen molar-refractivity contribution in [3.8, 4) is 0 Å². The molecule has 5 heteroatoms. The Morgan fingerprint density at radius 1 is 1.46 bits per heavy atom. The minimum atomic E-state index is 0.417. The third kappa shape index (κ3) is 1.18. The highest BCUT2D eigenvalue weighted by Gasteiger charge is 2.09. The molecule has 2 aromatic heterocycles. The maximum atomic E-state index is 5.87. The highest BCUT2D eigenvalue weighted by molar-refractivity contribution is 6.33. The second-order valence-corrected chi connectivity index (χ2v) is 3.10. The monoisotopic (exact) mass is 196 g/mol. The van der Waals surface area contributed by atoms with Crippen molar-refractivity contribution in [2.45, 2.75) is 20.4 Å². The molecule has 0 saturated carbocycles. The van der Waals surface area contributed by atoms with E-state index in [0.29, 0.717) is 10.7 Å². The molecule has 0 aliphatic carbocycles. The van der Waals surface area contributed by atoms with Crippen LogP contribution in [0.2, 0.25) is 5.15 Å². The summed E-state index contributed by atoms with van der Waals surface area (Å²) in [5.41, 5.74) is 1.49. The Kier molecular flexibility index (Phi) is 1.92. The van der Waals surface area contributed by atoms with E-state index in [2.05, 4.69) is 15.0 Å². The van der Waals surface area contributed by atoms with E-state index in [1.54, 1.807) is 0 Å². The summed E-state index contributed by atoms with van der Waals surface area (Å²) < 4.78 is 2.00. The lowest BCUT2D eigenvalue weighted by molar-refractivity contribution is 0.745. The lowest BCUT2D eigenvalue weighted by Crippen LogP contribution is -1.97. The number of nitrogens with zero attached hydrogens (tertiary/aromatic N) is 4. The van der Waals surface area contributed by atoms with Gasteiger partial charge in [-0.1, -0.05) is 11.6 Å². The number of hydrogen-bond acceptors (Lipinski definition) is 3. The average molecular weight is 197 g/mol. The summed E-state index contributed by atoms with van der Waals surface area (Å²) in [6.07, 6.45) is 1.46. The van der Waals surface area contributed by atoms with Crippen LogP contribution >= 0.6 is 11.6 Å². The molecule has 0 unspecified atom stereocenters. The van der Waals surface area contributed by atoms with Gasteiger partial charge in [0.1, 0.15) is 17.7 Å². The molecule has 0 amide bonds. The third-order valence-corrected chi connectivity index (χ3v) is 2.27. The molecule has 0 N–H and O–H groups in total. The Labute approximate surface area is 80.6 Å². The molecule has 0 atom stereocenters. The highest BCUT2D eigenvalue weighted by atomic mass is 35.5. The Bertz CT molecular complexity index is 449. The smallest absolute Gasteiger partial charge is 0.164 e. The van der Waals surface area contributed by atoms with Gasteiger partial charge < -0.3 is 4.57 Å². The molecule has 0 fully saturated rings. The fourth-order valence-electron chi connectivity index (χ4n) is 1.40. The summed E-state index contributed by atoms with van der Waals surface area (Å²) in [6, 6.07) is 0. The van der Waals surface area contributed by atoms with Gasteiger partial charge in [0, 0.05) is 6.54 Å². The summed E-state index contributed by atoms with van der Waals surface area (Å²) in [6.45, 7) is 4.82. The van der Waals surface area contributed by atoms with Crippen molar-refractivity contribution in [1.29, 1.82) is 0 Å². The van der Waals surface area contributed by atoms with E-state index < -0.39 is 0 Å². The van der Waals surface area contributed by atoms with Gasteiger partial charge >= 0.3 is 0 Å². The summed E-state index contributed by atoms with van der Waals surface area (Å²) in [7, 11) is 0. The number of rotatable bonds is 1. The van der Waals surface area contributed by atoms with Gasteiger partial charge in [0.2, 0.25) is 0 Å². The number of hydrogen-bond donors (Lipinski definition) is 0. The van der Waals surface area contributed by atoms with Crippen LogP contribution < -0.4 is 0 Å². The Hall–Kier alpha value is -1.16. The molecule has 0 aromatic carbocycles. The third-order valence-electron chi connectivity index (χ3n) is 1.99. The second kappa shape index (κ2) is 2.96. The van der Waals surface area contributed by atoms with E-state index in [1.807, 2.05) is 18.4 Å². The molecule has 0 radical (unpaired) electrons. The maximum Gasteiger partial charge on any atom is 0.164 e. The van der Waals surface area contributed by atoms with Gasteiger partial charge in [-0.15, -0.1) is 0 Å². The summed E-state index contributed by atoms with van der Waals surface area (Å²) in [4.78, 5) is 12.3. The van der Waals surface area contributed by atoms with Crippen molar-refractivity contribution in [3.05, 3.63) is 17.3 Å². The van der Waals surface area contributed by atoms with Gasteiger partial charge in [0.05, 0.1) is 0 Å². The van der Waals surface area contributed by atoms with Gasteiger partial charge in [-0.05, 0) is 13.8 Å². The molecule has 2 heterocycles. The first kappa shape index (κ1) is 8.44. The largest absolute Gasteiger partial charge is 0.313 e. The van der Waals surface area contributed by atoms with E-state index in [4.69, 9.17) is 11.6 Å². The zero-order valence-electron chi connectivity index (χ0n) is 7.45.